The van der Waals surface area contributed by atoms with Crippen LogP contribution < -0.4 is 4.74 Å². The molecule has 2 saturated carbocycles. The fourth-order valence-electron chi connectivity index (χ4n) is 9.24. The number of hydrogen-bond acceptors (Lipinski definition) is 2. The van der Waals surface area contributed by atoms with Crippen molar-refractivity contribution in [2.75, 3.05) is 0 Å². The summed E-state index contributed by atoms with van der Waals surface area (Å²) < 4.78 is 13.6. The summed E-state index contributed by atoms with van der Waals surface area (Å²) in [7, 11) is 0. The highest BCUT2D eigenvalue weighted by Gasteiger charge is 2.33. The van der Waals surface area contributed by atoms with Crippen LogP contribution in [0.15, 0.2) is 66.7 Å². The predicted octanol–water partition coefficient (Wildman–Crippen LogP) is 13.6. The van der Waals surface area contributed by atoms with Crippen LogP contribution in [-0.2, 0) is 24.0 Å². The van der Waals surface area contributed by atoms with Crippen molar-refractivity contribution in [3.05, 3.63) is 117 Å². The molecule has 0 bridgehead atoms. The molecule has 52 heavy (non-hydrogen) atoms. The molecule has 0 heterocycles. The molecule has 2 aliphatic carbocycles. The highest BCUT2D eigenvalue weighted by Crippen LogP contribution is 2.39. The van der Waals surface area contributed by atoms with Gasteiger partial charge in [-0.15, -0.1) is 0 Å². The minimum Gasteiger partial charge on any atom is -0.457 e. The molecule has 6 atom stereocenters. The highest BCUT2D eigenvalue weighted by atomic mass is 16.5. The van der Waals surface area contributed by atoms with Crippen molar-refractivity contribution in [1.82, 2.24) is 0 Å². The van der Waals surface area contributed by atoms with Gasteiger partial charge in [-0.05, 0) is 231 Å². The van der Waals surface area contributed by atoms with E-state index in [1.165, 1.54) is 110 Å². The molecule has 0 N–H and O–H groups in total. The molecular weight excluding hydrogens is 633 g/mol. The van der Waals surface area contributed by atoms with E-state index in [0.29, 0.717) is 24.0 Å². The molecule has 6 unspecified atom stereocenters. The number of ether oxygens (including phenoxy) is 2. The van der Waals surface area contributed by atoms with E-state index in [-0.39, 0.29) is 0 Å². The van der Waals surface area contributed by atoms with Gasteiger partial charge in [-0.25, -0.2) is 0 Å². The van der Waals surface area contributed by atoms with Crippen molar-refractivity contribution in [3.8, 4) is 11.5 Å². The SMILES string of the molecule is Cc1ccc(Oc2cc(CCc3cc4cc5cc(C)c(C)cc5cc4cc3C)c(C)c(CC3CC(OC4CCC(C)C(C)C4)CCC3C)c2)cc1C. The first-order chi connectivity index (χ1) is 24.9. The van der Waals surface area contributed by atoms with Crippen LogP contribution in [-0.4, -0.2) is 12.2 Å². The van der Waals surface area contributed by atoms with Gasteiger partial charge in [0.15, 0.2) is 0 Å². The zero-order valence-corrected chi connectivity index (χ0v) is 33.5. The monoisotopic (exact) mass is 694 g/mol. The fraction of sp³-hybridized carbons (Fsp3) is 0.480. The van der Waals surface area contributed by atoms with Crippen LogP contribution in [0.1, 0.15) is 109 Å². The summed E-state index contributed by atoms with van der Waals surface area (Å²) in [6.07, 6.45) is 11.3. The van der Waals surface area contributed by atoms with Gasteiger partial charge in [-0.1, -0.05) is 51.1 Å². The molecule has 274 valence electrons. The molecule has 0 spiro atoms. The van der Waals surface area contributed by atoms with Gasteiger partial charge >= 0.3 is 0 Å². The van der Waals surface area contributed by atoms with Crippen molar-refractivity contribution in [2.24, 2.45) is 23.7 Å². The molecule has 0 amide bonds. The Kier molecular flexibility index (Phi) is 10.9. The Morgan fingerprint density at radius 2 is 1.06 bits per heavy atom. The Morgan fingerprint density at radius 1 is 0.481 bits per heavy atom. The number of hydrogen-bond donors (Lipinski definition) is 0. The minimum atomic E-state index is 0.391. The lowest BCUT2D eigenvalue weighted by Crippen LogP contribution is -2.35. The predicted molar refractivity (Wildman–Crippen MR) is 221 cm³/mol. The molecule has 0 aliphatic heterocycles. The van der Waals surface area contributed by atoms with Gasteiger partial charge < -0.3 is 9.47 Å². The summed E-state index contributed by atoms with van der Waals surface area (Å²) in [5.74, 6) is 4.79. The average Bonchev–Trinajstić information content (AvgIpc) is 3.10. The second-order valence-electron chi connectivity index (χ2n) is 17.4. The molecule has 5 aromatic carbocycles. The van der Waals surface area contributed by atoms with Crippen LogP contribution in [0.25, 0.3) is 21.5 Å². The maximum atomic E-state index is 6.88. The van der Waals surface area contributed by atoms with Crippen LogP contribution in [0.3, 0.4) is 0 Å². The number of rotatable bonds is 9. The zero-order valence-electron chi connectivity index (χ0n) is 33.5. The summed E-state index contributed by atoms with van der Waals surface area (Å²) in [4.78, 5) is 0. The lowest BCUT2D eigenvalue weighted by atomic mass is 9.74. The molecule has 2 nitrogen and oxygen atoms in total. The smallest absolute Gasteiger partial charge is 0.127 e. The lowest BCUT2D eigenvalue weighted by Gasteiger charge is -2.39. The van der Waals surface area contributed by atoms with Crippen LogP contribution in [0.5, 0.6) is 11.5 Å². The van der Waals surface area contributed by atoms with Gasteiger partial charge in [0.25, 0.3) is 0 Å². The Labute approximate surface area is 314 Å². The Bertz CT molecular complexity index is 2070. The Hall–Kier alpha value is -3.62. The summed E-state index contributed by atoms with van der Waals surface area (Å²) in [5, 5.41) is 5.32. The van der Waals surface area contributed by atoms with E-state index in [2.05, 4.69) is 129 Å². The molecule has 2 heteroatoms. The van der Waals surface area contributed by atoms with Crippen LogP contribution in [0.2, 0.25) is 0 Å². The first kappa shape index (κ1) is 36.7. The van der Waals surface area contributed by atoms with Gasteiger partial charge in [-0.3, -0.25) is 0 Å². The normalized spacial score (nSPS) is 23.7. The zero-order chi connectivity index (χ0) is 36.7. The third kappa shape index (κ3) is 8.13. The van der Waals surface area contributed by atoms with Gasteiger partial charge in [0.1, 0.15) is 11.5 Å². The Morgan fingerprint density at radius 3 is 1.73 bits per heavy atom. The van der Waals surface area contributed by atoms with Crippen molar-refractivity contribution < 1.29 is 9.47 Å². The van der Waals surface area contributed by atoms with Crippen LogP contribution in [0.4, 0.5) is 0 Å². The third-order valence-electron chi connectivity index (χ3n) is 13.6. The molecule has 0 saturated heterocycles. The van der Waals surface area contributed by atoms with Crippen molar-refractivity contribution in [1.29, 1.82) is 0 Å². The van der Waals surface area contributed by atoms with Gasteiger partial charge in [0.05, 0.1) is 12.2 Å². The number of aryl methyl sites for hydroxylation is 7. The van der Waals surface area contributed by atoms with Crippen LogP contribution in [0, 0.1) is 65.2 Å². The molecular formula is C50H62O2. The molecule has 0 radical (unpaired) electrons. The first-order valence-corrected chi connectivity index (χ1v) is 20.4. The van der Waals surface area contributed by atoms with E-state index in [0.717, 1.165) is 42.6 Å². The number of fused-ring (bicyclic) bond motifs is 2. The fourth-order valence-corrected chi connectivity index (χ4v) is 9.24. The molecule has 7 rings (SSSR count). The largest absolute Gasteiger partial charge is 0.457 e. The maximum absolute atomic E-state index is 6.88. The Balaban J connectivity index is 1.15. The van der Waals surface area contributed by atoms with E-state index < -0.39 is 0 Å². The van der Waals surface area contributed by atoms with Gasteiger partial charge in [0, 0.05) is 0 Å². The van der Waals surface area contributed by atoms with E-state index >= 15 is 0 Å². The van der Waals surface area contributed by atoms with Crippen molar-refractivity contribution in [3.63, 3.8) is 0 Å². The summed E-state index contributed by atoms with van der Waals surface area (Å²) in [5.41, 5.74) is 12.4. The standard InChI is InChI=1S/C50H62O2/c1-30-10-15-47(21-35(30)6)51-49-17-12-32(3)41(28-49)24-42-29-50(52-48-16-11-31(2)36(7)22-48)27-40(38(42)9)14-13-39-23-46-26-44-19-34(5)33(4)18-43(44)25-45(46)20-37(39)8/h11,16,18-20,22-23,25-27,29-30,32,35,41,47,49H,10,12-15,17,21,24,28H2,1-9H3. The number of benzene rings is 5. The lowest BCUT2D eigenvalue weighted by molar-refractivity contribution is -0.0747. The summed E-state index contributed by atoms with van der Waals surface area (Å²) in [6, 6.07) is 25.4. The average molecular weight is 695 g/mol. The minimum absolute atomic E-state index is 0.391. The second kappa shape index (κ2) is 15.4. The van der Waals surface area contributed by atoms with E-state index in [1.807, 2.05) is 0 Å². The summed E-state index contributed by atoms with van der Waals surface area (Å²) in [6.45, 7) is 20.7. The first-order valence-electron chi connectivity index (χ1n) is 20.4. The third-order valence-corrected chi connectivity index (χ3v) is 13.6. The van der Waals surface area contributed by atoms with Gasteiger partial charge in [-0.2, -0.15) is 0 Å². The van der Waals surface area contributed by atoms with E-state index in [9.17, 15) is 0 Å². The van der Waals surface area contributed by atoms with Crippen molar-refractivity contribution in [2.45, 2.75) is 132 Å². The molecule has 2 fully saturated rings. The van der Waals surface area contributed by atoms with Crippen LogP contribution >= 0.6 is 0 Å². The molecule has 5 aromatic rings. The highest BCUT2D eigenvalue weighted by molar-refractivity contribution is 5.99. The molecule has 2 aliphatic rings. The summed E-state index contributed by atoms with van der Waals surface area (Å²) >= 11 is 0. The maximum Gasteiger partial charge on any atom is 0.127 e. The van der Waals surface area contributed by atoms with Gasteiger partial charge in [0.2, 0.25) is 0 Å². The van der Waals surface area contributed by atoms with E-state index in [1.54, 1.807) is 0 Å². The van der Waals surface area contributed by atoms with Crippen molar-refractivity contribution >= 4 is 21.5 Å². The second-order valence-corrected chi connectivity index (χ2v) is 17.4. The molecule has 0 aromatic heterocycles. The topological polar surface area (TPSA) is 18.5 Å². The quantitative estimate of drug-likeness (QED) is 0.143. The van der Waals surface area contributed by atoms with E-state index in [4.69, 9.17) is 9.47 Å².